The third kappa shape index (κ3) is 16.4. The Morgan fingerprint density at radius 1 is 0.553 bits per heavy atom. The monoisotopic (exact) mass is 1460 g/mol. The zero-order valence-electron chi connectivity index (χ0n) is 49.8. The highest BCUT2D eigenvalue weighted by molar-refractivity contribution is 9.10. The summed E-state index contributed by atoms with van der Waals surface area (Å²) < 4.78 is 111. The van der Waals surface area contributed by atoms with E-state index in [1.54, 1.807) is 55.5 Å². The molecule has 12 rings (SSSR count). The topological polar surface area (TPSA) is 238 Å². The Hall–Kier alpha value is -7.49. The summed E-state index contributed by atoms with van der Waals surface area (Å²) in [6, 6.07) is 9.26. The van der Waals surface area contributed by atoms with Crippen molar-refractivity contribution in [2.45, 2.75) is 50.7 Å². The number of aliphatic imine (C=N–C) groups is 3. The average molecular weight is 1470 g/mol. The molecule has 0 aliphatic carbocycles. The minimum absolute atomic E-state index is 0.0590. The van der Waals surface area contributed by atoms with Crippen LogP contribution in [0.5, 0.6) is 0 Å². The maximum absolute atomic E-state index is 13.7. The summed E-state index contributed by atoms with van der Waals surface area (Å²) in [6.45, 7) is 4.98. The molecular weight excluding hydrogens is 1410 g/mol. The van der Waals surface area contributed by atoms with E-state index in [9.17, 15) is 55.0 Å². The van der Waals surface area contributed by atoms with Gasteiger partial charge in [-0.2, -0.15) is 0 Å². The first-order chi connectivity index (χ1) is 44.9. The van der Waals surface area contributed by atoms with Gasteiger partial charge in [-0.25, -0.2) is 60.1 Å². The zero-order chi connectivity index (χ0) is 67.2. The Morgan fingerprint density at radius 3 is 1.18 bits per heavy atom. The average Bonchev–Trinajstić information content (AvgIpc) is 0.952. The van der Waals surface area contributed by atoms with Gasteiger partial charge in [-0.15, -0.1) is 34.0 Å². The lowest BCUT2D eigenvalue weighted by Crippen LogP contribution is -2.57. The van der Waals surface area contributed by atoms with Gasteiger partial charge in [-0.05, 0) is 62.7 Å². The molecule has 3 aromatic carbocycles. The number of benzene rings is 3. The molecule has 3 aromatic heterocycles. The SMILES string of the molecule is CCOC(=O)C1=C(CN2CC(C(=O)O)C2)NC(c2nccs2)=NC1c1ccc(F)cc1Cl.CCOC(=O)C1=C(CN2CC(F)(F)C2)NC(c2nccs2)=NC1c1ccc(F)cc1Br.CCOC(=O)C1=C(CN2CC(F)(F)C2)NC(c2nccs2)=NC1c1ccc(F)cc1Cl. The third-order valence-electron chi connectivity index (χ3n) is 14.8. The number of alkyl halides is 4. The summed E-state index contributed by atoms with van der Waals surface area (Å²) in [4.78, 5) is 81.7. The number of amidine groups is 3. The van der Waals surface area contributed by atoms with Crippen molar-refractivity contribution in [3.8, 4) is 0 Å². The number of esters is 3. The number of rotatable bonds is 19. The normalized spacial score (nSPS) is 20.2. The van der Waals surface area contributed by atoms with Crippen LogP contribution in [0.15, 0.2) is 143 Å². The molecule has 9 heterocycles. The van der Waals surface area contributed by atoms with Gasteiger partial charge in [0.1, 0.15) is 35.6 Å². The molecule has 3 unspecified atom stereocenters. The van der Waals surface area contributed by atoms with Crippen molar-refractivity contribution < 1.29 is 69.2 Å². The molecule has 0 saturated carbocycles. The van der Waals surface area contributed by atoms with Crippen LogP contribution in [0.4, 0.5) is 30.7 Å². The molecular formula is C61H56BrCl2F7N12O8S3. The highest BCUT2D eigenvalue weighted by atomic mass is 79.9. The minimum Gasteiger partial charge on any atom is -0.481 e. The molecule has 3 fully saturated rings. The minimum atomic E-state index is -2.76. The number of carbonyl (C=O) groups excluding carboxylic acids is 3. The largest absolute Gasteiger partial charge is 0.481 e. The fourth-order valence-corrected chi connectivity index (χ4v) is 13.5. The number of hydrogen-bond donors (Lipinski definition) is 4. The number of halogens is 10. The van der Waals surface area contributed by atoms with Crippen LogP contribution in [0.2, 0.25) is 10.0 Å². The predicted molar refractivity (Wildman–Crippen MR) is 342 cm³/mol. The Labute approximate surface area is 563 Å². The highest BCUT2D eigenvalue weighted by Crippen LogP contribution is 2.42. The van der Waals surface area contributed by atoms with Crippen LogP contribution >= 0.6 is 73.1 Å². The van der Waals surface area contributed by atoms with Crippen LogP contribution in [0, 0.1) is 23.4 Å². The molecule has 3 saturated heterocycles. The van der Waals surface area contributed by atoms with Gasteiger partial charge in [0.2, 0.25) is 0 Å². The van der Waals surface area contributed by atoms with Crippen LogP contribution in [-0.2, 0) is 33.4 Å². The quantitative estimate of drug-likeness (QED) is 0.0335. The van der Waals surface area contributed by atoms with Gasteiger partial charge in [-0.3, -0.25) is 34.5 Å². The summed E-state index contributed by atoms with van der Waals surface area (Å²) in [5.74, 6) is -8.88. The maximum Gasteiger partial charge on any atom is 0.338 e. The number of carbonyl (C=O) groups is 4. The molecule has 20 nitrogen and oxygen atoms in total. The second-order valence-electron chi connectivity index (χ2n) is 21.6. The Kier molecular flexibility index (Phi) is 22.2. The lowest BCUT2D eigenvalue weighted by atomic mass is 9.94. The van der Waals surface area contributed by atoms with Gasteiger partial charge in [0, 0.05) is 110 Å². The van der Waals surface area contributed by atoms with Gasteiger partial charge >= 0.3 is 23.9 Å². The molecule has 0 radical (unpaired) electrons. The van der Waals surface area contributed by atoms with Crippen molar-refractivity contribution in [2.24, 2.45) is 20.9 Å². The number of likely N-dealkylation sites (tertiary alicyclic amines) is 3. The van der Waals surface area contributed by atoms with Crippen LogP contribution in [0.25, 0.3) is 0 Å². The summed E-state index contributed by atoms with van der Waals surface area (Å²) in [7, 11) is 0. The second-order valence-corrected chi connectivity index (χ2v) is 25.9. The van der Waals surface area contributed by atoms with E-state index in [-0.39, 0.29) is 66.2 Å². The van der Waals surface area contributed by atoms with Gasteiger partial charge < -0.3 is 35.3 Å². The lowest BCUT2D eigenvalue weighted by Gasteiger charge is -2.40. The molecule has 94 heavy (non-hydrogen) atoms. The lowest BCUT2D eigenvalue weighted by molar-refractivity contribution is -0.147. The summed E-state index contributed by atoms with van der Waals surface area (Å²) in [6.07, 6.45) is 4.86. The van der Waals surface area contributed by atoms with Gasteiger partial charge in [0.25, 0.3) is 11.8 Å². The van der Waals surface area contributed by atoms with Gasteiger partial charge in [0.05, 0.1) is 68.6 Å². The first-order valence-electron chi connectivity index (χ1n) is 28.9. The van der Waals surface area contributed by atoms with E-state index in [0.717, 1.165) is 6.07 Å². The highest BCUT2D eigenvalue weighted by Gasteiger charge is 2.47. The van der Waals surface area contributed by atoms with Crippen LogP contribution in [0.3, 0.4) is 0 Å². The molecule has 3 atom stereocenters. The first kappa shape index (κ1) is 69.3. The van der Waals surface area contributed by atoms with Crippen molar-refractivity contribution in [3.05, 3.63) is 187 Å². The smallest absolute Gasteiger partial charge is 0.338 e. The fraction of sp³-hybridized carbons (Fsp3) is 0.344. The number of aliphatic carboxylic acids is 1. The molecule has 496 valence electrons. The molecule has 6 aliphatic heterocycles. The van der Waals surface area contributed by atoms with Gasteiger partial charge in [-0.1, -0.05) is 57.3 Å². The van der Waals surface area contributed by atoms with Crippen molar-refractivity contribution in [3.63, 3.8) is 0 Å². The van der Waals surface area contributed by atoms with Gasteiger partial charge in [0.15, 0.2) is 32.5 Å². The Bertz CT molecular complexity index is 3840. The Balaban J connectivity index is 0.000000154. The van der Waals surface area contributed by atoms with E-state index in [2.05, 4.69) is 61.8 Å². The molecule has 33 heteroatoms. The second kappa shape index (κ2) is 30.1. The standard InChI is InChI=1S/C21H20ClFN4O4S.C20H18BrF3N4O2S.C20H18ClF3N4O2S/c1-2-31-21(30)16-15(10-27-8-11(9-27)20(28)29)25-18(19-24-5-6-32-19)26-17(16)13-4-3-12(23)7-14(13)22;2*1-2-30-19(29)15-14(8-28-9-20(23,24)10-28)26-17(18-25-5-6-31-18)27-16(15)12-4-3-11(22)7-13(12)21/h3-7,11,17H,2,8-10H2,1H3,(H,25,26)(H,28,29);2*3-7,16H,2,8-10H2,1H3,(H,26,27). The number of ether oxygens (including phenoxy) is 3. The predicted octanol–water partition coefficient (Wildman–Crippen LogP) is 10.6. The van der Waals surface area contributed by atoms with Crippen LogP contribution in [0.1, 0.15) is 70.6 Å². The molecule has 0 amide bonds. The number of carboxylic acids is 1. The van der Waals surface area contributed by atoms with Crippen LogP contribution < -0.4 is 16.0 Å². The number of carboxylic acid groups (broad SMARTS) is 1. The third-order valence-corrected chi connectivity index (χ3v) is 18.5. The molecule has 0 spiro atoms. The number of hydrogen-bond acceptors (Lipinski definition) is 22. The summed E-state index contributed by atoms with van der Waals surface area (Å²) in [5, 5.41) is 25.9. The van der Waals surface area contributed by atoms with E-state index in [0.29, 0.717) is 83.9 Å². The van der Waals surface area contributed by atoms with E-state index in [4.69, 9.17) is 37.4 Å². The van der Waals surface area contributed by atoms with Crippen molar-refractivity contribution >= 4 is 115 Å². The maximum atomic E-state index is 13.7. The number of aromatic nitrogens is 3. The summed E-state index contributed by atoms with van der Waals surface area (Å²) in [5.41, 5.74) is 3.30. The van der Waals surface area contributed by atoms with Crippen molar-refractivity contribution in [1.29, 1.82) is 0 Å². The molecule has 6 aromatic rings. The molecule has 4 N–H and O–H groups in total. The summed E-state index contributed by atoms with van der Waals surface area (Å²) >= 11 is 20.0. The fourth-order valence-electron chi connectivity index (χ4n) is 10.7. The zero-order valence-corrected chi connectivity index (χ0v) is 55.3. The van der Waals surface area contributed by atoms with Crippen LogP contribution in [-0.4, -0.2) is 167 Å². The van der Waals surface area contributed by atoms with E-state index in [1.807, 2.05) is 4.90 Å². The van der Waals surface area contributed by atoms with Crippen molar-refractivity contribution in [2.75, 3.05) is 78.7 Å². The van der Waals surface area contributed by atoms with E-state index in [1.165, 1.54) is 92.3 Å². The number of thiazole rings is 3. The number of nitrogens with zero attached hydrogens (tertiary/aromatic N) is 9. The molecule has 0 bridgehead atoms. The van der Waals surface area contributed by atoms with E-state index < -0.39 is 103 Å². The first-order valence-corrected chi connectivity index (χ1v) is 33.1. The van der Waals surface area contributed by atoms with Crippen molar-refractivity contribution in [1.82, 2.24) is 45.6 Å². The van der Waals surface area contributed by atoms with E-state index >= 15 is 0 Å². The molecule has 6 aliphatic rings. The Morgan fingerprint density at radius 2 is 0.883 bits per heavy atom. The number of nitrogens with one attached hydrogen (secondary N) is 3.